The van der Waals surface area contributed by atoms with Gasteiger partial charge in [-0.25, -0.2) is 0 Å². The van der Waals surface area contributed by atoms with Crippen molar-refractivity contribution in [3.63, 3.8) is 0 Å². The number of nitrogens with zero attached hydrogens (tertiary/aromatic N) is 4. The lowest BCUT2D eigenvalue weighted by Crippen LogP contribution is -2.59. The minimum absolute atomic E-state index is 0.0152. The molecule has 0 unspecified atom stereocenters. The summed E-state index contributed by atoms with van der Waals surface area (Å²) in [5, 5.41) is 4.48. The molecule has 29 heavy (non-hydrogen) atoms. The normalized spacial score (nSPS) is 19.1. The van der Waals surface area contributed by atoms with Crippen molar-refractivity contribution >= 4 is 17.5 Å². The first kappa shape index (κ1) is 19.6. The molecule has 0 bridgehead atoms. The molecular weight excluding hydrogens is 368 g/mol. The number of hydrogen-bond donors (Lipinski definition) is 0. The summed E-state index contributed by atoms with van der Waals surface area (Å²) in [4.78, 5) is 29.3. The van der Waals surface area contributed by atoms with E-state index in [2.05, 4.69) is 5.10 Å². The maximum absolute atomic E-state index is 13.1. The summed E-state index contributed by atoms with van der Waals surface area (Å²) in [6, 6.07) is 9.72. The summed E-state index contributed by atoms with van der Waals surface area (Å²) in [6.45, 7) is 8.48. The number of carbonyl (C=O) groups is 2. The van der Waals surface area contributed by atoms with E-state index in [9.17, 15) is 9.59 Å². The molecule has 1 aromatic heterocycles. The summed E-state index contributed by atoms with van der Waals surface area (Å²) in [7, 11) is 0. The second kappa shape index (κ2) is 7.63. The number of hydrogen-bond acceptors (Lipinski definition) is 4. The van der Waals surface area contributed by atoms with Gasteiger partial charge >= 0.3 is 0 Å². The van der Waals surface area contributed by atoms with Crippen LogP contribution < -0.4 is 4.90 Å². The molecule has 1 aromatic carbocycles. The molecule has 1 spiro atoms. The molecule has 0 atom stereocenters. The maximum Gasteiger partial charge on any atom is 0.257 e. The Hall–Kier alpha value is -2.67. The third kappa shape index (κ3) is 3.55. The van der Waals surface area contributed by atoms with Crippen molar-refractivity contribution in [3.8, 4) is 0 Å². The highest BCUT2D eigenvalue weighted by Crippen LogP contribution is 2.33. The predicted molar refractivity (Wildman–Crippen MR) is 110 cm³/mol. The van der Waals surface area contributed by atoms with Crippen LogP contribution in [0.4, 0.5) is 5.69 Å². The highest BCUT2D eigenvalue weighted by atomic mass is 16.5. The van der Waals surface area contributed by atoms with Gasteiger partial charge in [0.15, 0.2) is 0 Å². The van der Waals surface area contributed by atoms with Crippen molar-refractivity contribution < 1.29 is 14.3 Å². The molecule has 3 heterocycles. The number of carbonyl (C=O) groups excluding carboxylic acids is 2. The monoisotopic (exact) mass is 396 g/mol. The summed E-state index contributed by atoms with van der Waals surface area (Å²) in [5.41, 5.74) is 2.93. The fourth-order valence-corrected chi connectivity index (χ4v) is 4.45. The third-order valence-electron chi connectivity index (χ3n) is 6.17. The average molecular weight is 396 g/mol. The number of aryl methyl sites for hydroxylation is 2. The van der Waals surface area contributed by atoms with Gasteiger partial charge in [-0.3, -0.25) is 14.3 Å². The standard InChI is InChI=1S/C22H28N4O3/c1-4-26-17(3)20(16(2)23-26)21(28)24-12-10-22(11-13-24)15-25(19(27)14-29-22)18-8-6-5-7-9-18/h5-9H,4,10-15H2,1-3H3. The van der Waals surface area contributed by atoms with Gasteiger partial charge in [-0.2, -0.15) is 5.10 Å². The van der Waals surface area contributed by atoms with Crippen LogP contribution in [-0.4, -0.2) is 58.3 Å². The van der Waals surface area contributed by atoms with Crippen molar-refractivity contribution in [2.75, 3.05) is 31.1 Å². The molecule has 7 heteroatoms. The van der Waals surface area contributed by atoms with Gasteiger partial charge in [0.2, 0.25) is 0 Å². The Balaban J connectivity index is 1.47. The first-order valence-electron chi connectivity index (χ1n) is 10.3. The lowest BCUT2D eigenvalue weighted by Gasteiger charge is -2.47. The molecule has 0 N–H and O–H groups in total. The van der Waals surface area contributed by atoms with E-state index < -0.39 is 5.60 Å². The molecular formula is C22H28N4O3. The molecule has 7 nitrogen and oxygen atoms in total. The lowest BCUT2D eigenvalue weighted by molar-refractivity contribution is -0.143. The Bertz CT molecular complexity index is 914. The van der Waals surface area contributed by atoms with E-state index in [4.69, 9.17) is 4.74 Å². The molecule has 0 aliphatic carbocycles. The molecule has 4 rings (SSSR count). The second-order valence-corrected chi connectivity index (χ2v) is 7.94. The third-order valence-corrected chi connectivity index (χ3v) is 6.17. The number of morpholine rings is 1. The zero-order chi connectivity index (χ0) is 20.6. The Morgan fingerprint density at radius 2 is 1.86 bits per heavy atom. The fraction of sp³-hybridized carbons (Fsp3) is 0.500. The van der Waals surface area contributed by atoms with Crippen LogP contribution in [0.15, 0.2) is 30.3 Å². The highest BCUT2D eigenvalue weighted by Gasteiger charge is 2.43. The van der Waals surface area contributed by atoms with Crippen LogP contribution in [0.2, 0.25) is 0 Å². The number of amides is 2. The zero-order valence-electron chi connectivity index (χ0n) is 17.4. The minimum atomic E-state index is -0.391. The van der Waals surface area contributed by atoms with Crippen molar-refractivity contribution in [3.05, 3.63) is 47.3 Å². The van der Waals surface area contributed by atoms with Crippen molar-refractivity contribution in [2.45, 2.75) is 45.8 Å². The van der Waals surface area contributed by atoms with Crippen molar-refractivity contribution in [1.29, 1.82) is 0 Å². The molecule has 2 aromatic rings. The molecule has 2 aliphatic rings. The van der Waals surface area contributed by atoms with Crippen LogP contribution in [-0.2, 0) is 16.1 Å². The van der Waals surface area contributed by atoms with Crippen LogP contribution >= 0.6 is 0 Å². The fourth-order valence-electron chi connectivity index (χ4n) is 4.45. The van der Waals surface area contributed by atoms with E-state index in [0.29, 0.717) is 25.2 Å². The zero-order valence-corrected chi connectivity index (χ0v) is 17.4. The Kier molecular flexibility index (Phi) is 5.17. The SMILES string of the molecule is CCn1nc(C)c(C(=O)N2CCC3(CC2)CN(c2ccccc2)C(=O)CO3)c1C. The largest absolute Gasteiger partial charge is 0.363 e. The van der Waals surface area contributed by atoms with E-state index in [1.807, 2.05) is 65.6 Å². The number of anilines is 1. The highest BCUT2D eigenvalue weighted by molar-refractivity contribution is 5.97. The van der Waals surface area contributed by atoms with Gasteiger partial charge in [0, 0.05) is 31.0 Å². The molecule has 0 saturated carbocycles. The van der Waals surface area contributed by atoms with Crippen LogP contribution in [0.5, 0.6) is 0 Å². The van der Waals surface area contributed by atoms with Gasteiger partial charge in [-0.05, 0) is 45.7 Å². The average Bonchev–Trinajstić information content (AvgIpc) is 3.04. The van der Waals surface area contributed by atoms with Crippen molar-refractivity contribution in [2.24, 2.45) is 0 Å². The maximum atomic E-state index is 13.1. The molecule has 154 valence electrons. The number of piperidine rings is 1. The van der Waals surface area contributed by atoms with Crippen LogP contribution in [0.3, 0.4) is 0 Å². The molecule has 2 saturated heterocycles. The number of para-hydroxylation sites is 1. The van der Waals surface area contributed by atoms with Crippen LogP contribution in [0, 0.1) is 13.8 Å². The Labute approximate surface area is 171 Å². The van der Waals surface area contributed by atoms with Gasteiger partial charge < -0.3 is 14.5 Å². The smallest absolute Gasteiger partial charge is 0.257 e. The Morgan fingerprint density at radius 1 is 1.17 bits per heavy atom. The summed E-state index contributed by atoms with van der Waals surface area (Å²) in [5.74, 6) is 0.0277. The van der Waals surface area contributed by atoms with Crippen LogP contribution in [0.25, 0.3) is 0 Å². The second-order valence-electron chi connectivity index (χ2n) is 7.94. The quantitative estimate of drug-likeness (QED) is 0.800. The lowest BCUT2D eigenvalue weighted by atomic mass is 9.88. The molecule has 2 amide bonds. The number of rotatable bonds is 3. The first-order valence-corrected chi connectivity index (χ1v) is 10.3. The van der Waals surface area contributed by atoms with Gasteiger partial charge in [0.1, 0.15) is 6.61 Å². The summed E-state index contributed by atoms with van der Waals surface area (Å²) in [6.07, 6.45) is 1.44. The predicted octanol–water partition coefficient (Wildman–Crippen LogP) is 2.56. The molecule has 0 radical (unpaired) electrons. The number of aromatic nitrogens is 2. The van der Waals surface area contributed by atoms with Gasteiger partial charge in [0.05, 0.1) is 23.4 Å². The van der Waals surface area contributed by atoms with Crippen LogP contribution in [0.1, 0.15) is 41.5 Å². The van der Waals surface area contributed by atoms with Crippen molar-refractivity contribution in [1.82, 2.24) is 14.7 Å². The van der Waals surface area contributed by atoms with Gasteiger partial charge in [-0.15, -0.1) is 0 Å². The van der Waals surface area contributed by atoms with Gasteiger partial charge in [0.25, 0.3) is 11.8 Å². The number of ether oxygens (including phenoxy) is 1. The van der Waals surface area contributed by atoms with E-state index in [1.54, 1.807) is 0 Å². The summed E-state index contributed by atoms with van der Waals surface area (Å²) < 4.78 is 7.90. The van der Waals surface area contributed by atoms with Gasteiger partial charge in [-0.1, -0.05) is 18.2 Å². The first-order chi connectivity index (χ1) is 13.9. The minimum Gasteiger partial charge on any atom is -0.363 e. The Morgan fingerprint density at radius 3 is 2.48 bits per heavy atom. The molecule has 2 aliphatic heterocycles. The van der Waals surface area contributed by atoms with E-state index in [0.717, 1.165) is 36.5 Å². The number of benzene rings is 1. The van der Waals surface area contributed by atoms with E-state index in [1.165, 1.54) is 0 Å². The van der Waals surface area contributed by atoms with E-state index in [-0.39, 0.29) is 18.4 Å². The topological polar surface area (TPSA) is 67.7 Å². The summed E-state index contributed by atoms with van der Waals surface area (Å²) >= 11 is 0. The molecule has 2 fully saturated rings. The number of likely N-dealkylation sites (tertiary alicyclic amines) is 1. The van der Waals surface area contributed by atoms with E-state index >= 15 is 0 Å².